The molecule has 1 aliphatic carbocycles. The minimum atomic E-state index is -0.264. The van der Waals surface area contributed by atoms with Gasteiger partial charge in [-0.25, -0.2) is 4.99 Å². The summed E-state index contributed by atoms with van der Waals surface area (Å²) in [6.45, 7) is 0. The molecule has 1 aliphatic heterocycles. The first-order valence-corrected chi connectivity index (χ1v) is 21.9. The Labute approximate surface area is 367 Å². The van der Waals surface area contributed by atoms with Crippen LogP contribution in [0.5, 0.6) is 0 Å². The fraction of sp³-hybridized carbons (Fsp3) is 0.0678. The maximum absolute atomic E-state index is 5.47. The second kappa shape index (κ2) is 15.2. The van der Waals surface area contributed by atoms with Crippen molar-refractivity contribution in [3.05, 3.63) is 230 Å². The maximum atomic E-state index is 5.47. The molecule has 0 saturated carbocycles. The Morgan fingerprint density at radius 1 is 0.460 bits per heavy atom. The Morgan fingerprint density at radius 3 is 1.75 bits per heavy atom. The maximum Gasteiger partial charge on any atom is 0.203 e. The van der Waals surface area contributed by atoms with Crippen molar-refractivity contribution in [2.75, 3.05) is 7.05 Å². The van der Waals surface area contributed by atoms with Gasteiger partial charge in [-0.2, -0.15) is 0 Å². The van der Waals surface area contributed by atoms with E-state index >= 15 is 0 Å². The lowest BCUT2D eigenvalue weighted by Gasteiger charge is -2.30. The number of benzene rings is 8. The van der Waals surface area contributed by atoms with Gasteiger partial charge in [0.25, 0.3) is 0 Å². The van der Waals surface area contributed by atoms with Crippen molar-refractivity contribution in [1.82, 2.24) is 14.0 Å². The molecule has 0 amide bonds. The van der Waals surface area contributed by atoms with Crippen LogP contribution in [-0.4, -0.2) is 26.8 Å². The SMILES string of the molecule is CN1C=CC(c2cccc(-c3ccc(-c4ccccc4)cc3)c2)=NC1n1c2ccccc2c2cc(-c3ccc4c(c3)c3ccccc3n4-c3ccc(C4=CC=CCC4)cc3)ccc21. The van der Waals surface area contributed by atoms with E-state index in [1.165, 1.54) is 82.8 Å². The molecule has 63 heavy (non-hydrogen) atoms. The number of aliphatic imine (C=N–C) groups is 1. The molecule has 2 aliphatic rings. The van der Waals surface area contributed by atoms with E-state index in [2.05, 4.69) is 240 Å². The van der Waals surface area contributed by atoms with Gasteiger partial charge < -0.3 is 14.0 Å². The molecule has 4 nitrogen and oxygen atoms in total. The van der Waals surface area contributed by atoms with Gasteiger partial charge >= 0.3 is 0 Å². The zero-order chi connectivity index (χ0) is 41.9. The van der Waals surface area contributed by atoms with Crippen molar-refractivity contribution in [2.24, 2.45) is 4.99 Å². The largest absolute Gasteiger partial charge is 0.342 e. The first-order valence-electron chi connectivity index (χ1n) is 21.9. The van der Waals surface area contributed by atoms with Gasteiger partial charge in [0.2, 0.25) is 6.29 Å². The topological polar surface area (TPSA) is 25.5 Å². The summed E-state index contributed by atoms with van der Waals surface area (Å²) >= 11 is 0. The number of hydrogen-bond donors (Lipinski definition) is 0. The van der Waals surface area contributed by atoms with Crippen molar-refractivity contribution < 1.29 is 0 Å². The van der Waals surface area contributed by atoms with Crippen LogP contribution in [0.4, 0.5) is 0 Å². The summed E-state index contributed by atoms with van der Waals surface area (Å²) in [4.78, 5) is 7.68. The van der Waals surface area contributed by atoms with Crippen LogP contribution >= 0.6 is 0 Å². The van der Waals surface area contributed by atoms with Crippen LogP contribution in [0.3, 0.4) is 0 Å². The van der Waals surface area contributed by atoms with Gasteiger partial charge in [-0.15, -0.1) is 0 Å². The third kappa shape index (κ3) is 6.42. The molecule has 0 radical (unpaired) electrons. The Balaban J connectivity index is 0.904. The molecule has 0 spiro atoms. The summed E-state index contributed by atoms with van der Waals surface area (Å²) in [6.07, 6.45) is 12.9. The molecular weight excluding hydrogens is 765 g/mol. The van der Waals surface area contributed by atoms with E-state index in [1.807, 2.05) is 0 Å². The number of nitrogens with zero attached hydrogens (tertiary/aromatic N) is 4. The predicted octanol–water partition coefficient (Wildman–Crippen LogP) is 15.0. The minimum absolute atomic E-state index is 0.264. The van der Waals surface area contributed by atoms with Crippen LogP contribution < -0.4 is 0 Å². The highest BCUT2D eigenvalue weighted by Crippen LogP contribution is 2.40. The third-order valence-electron chi connectivity index (χ3n) is 13.0. The van der Waals surface area contributed by atoms with E-state index in [0.717, 1.165) is 35.2 Å². The lowest BCUT2D eigenvalue weighted by molar-refractivity contribution is 0.266. The molecule has 0 saturated heterocycles. The van der Waals surface area contributed by atoms with Gasteiger partial charge in [0.05, 0.1) is 27.8 Å². The normalized spacial score (nSPS) is 15.1. The fourth-order valence-corrected chi connectivity index (χ4v) is 9.81. The molecular formula is C59H44N4. The van der Waals surface area contributed by atoms with Crippen LogP contribution in [0.25, 0.3) is 88.3 Å². The summed E-state index contributed by atoms with van der Waals surface area (Å²) in [7, 11) is 2.12. The zero-order valence-electron chi connectivity index (χ0n) is 35.1. The van der Waals surface area contributed by atoms with Crippen molar-refractivity contribution in [3.63, 3.8) is 0 Å². The first kappa shape index (κ1) is 36.9. The van der Waals surface area contributed by atoms with Gasteiger partial charge in [0.1, 0.15) is 0 Å². The summed E-state index contributed by atoms with van der Waals surface area (Å²) in [5.74, 6) is 0. The Hall–Kier alpha value is -7.95. The molecule has 10 aromatic rings. The van der Waals surface area contributed by atoms with Crippen molar-refractivity contribution in [2.45, 2.75) is 19.1 Å². The number of aromatic nitrogens is 2. The second-order valence-corrected chi connectivity index (χ2v) is 16.8. The van der Waals surface area contributed by atoms with Gasteiger partial charge in [-0.1, -0.05) is 152 Å². The number of para-hydroxylation sites is 2. The van der Waals surface area contributed by atoms with Gasteiger partial charge in [0.15, 0.2) is 0 Å². The second-order valence-electron chi connectivity index (χ2n) is 16.8. The molecule has 12 rings (SSSR count). The van der Waals surface area contributed by atoms with E-state index in [0.29, 0.717) is 0 Å². The molecule has 0 bridgehead atoms. The highest BCUT2D eigenvalue weighted by atomic mass is 15.4. The van der Waals surface area contributed by atoms with Crippen molar-refractivity contribution >= 4 is 54.9 Å². The van der Waals surface area contributed by atoms with E-state index in [9.17, 15) is 0 Å². The van der Waals surface area contributed by atoms with Crippen LogP contribution in [-0.2, 0) is 0 Å². The van der Waals surface area contributed by atoms with Crippen LogP contribution in [0.15, 0.2) is 224 Å². The Morgan fingerprint density at radius 2 is 1.00 bits per heavy atom. The average Bonchev–Trinajstić information content (AvgIpc) is 3.87. The first-order chi connectivity index (χ1) is 31.1. The monoisotopic (exact) mass is 808 g/mol. The molecule has 2 aromatic heterocycles. The highest BCUT2D eigenvalue weighted by Gasteiger charge is 2.24. The molecule has 3 heterocycles. The number of allylic oxidation sites excluding steroid dienone is 5. The summed E-state index contributed by atoms with van der Waals surface area (Å²) in [5, 5.41) is 4.94. The van der Waals surface area contributed by atoms with E-state index < -0.39 is 0 Å². The highest BCUT2D eigenvalue weighted by molar-refractivity contribution is 6.13. The molecule has 4 heteroatoms. The fourth-order valence-electron chi connectivity index (χ4n) is 9.81. The van der Waals surface area contributed by atoms with E-state index in [-0.39, 0.29) is 6.29 Å². The number of fused-ring (bicyclic) bond motifs is 6. The zero-order valence-corrected chi connectivity index (χ0v) is 35.1. The van der Waals surface area contributed by atoms with Crippen LogP contribution in [0, 0.1) is 0 Å². The lowest BCUT2D eigenvalue weighted by Crippen LogP contribution is -2.27. The predicted molar refractivity (Wildman–Crippen MR) is 265 cm³/mol. The van der Waals surface area contributed by atoms with Crippen molar-refractivity contribution in [1.29, 1.82) is 0 Å². The van der Waals surface area contributed by atoms with E-state index in [1.54, 1.807) is 0 Å². The molecule has 0 fully saturated rings. The van der Waals surface area contributed by atoms with Crippen molar-refractivity contribution in [3.8, 4) is 39.1 Å². The smallest absolute Gasteiger partial charge is 0.203 e. The number of hydrogen-bond acceptors (Lipinski definition) is 2. The Bertz CT molecular complexity index is 3500. The van der Waals surface area contributed by atoms with Crippen LogP contribution in [0.2, 0.25) is 0 Å². The summed E-state index contributed by atoms with van der Waals surface area (Å²) < 4.78 is 4.81. The third-order valence-corrected chi connectivity index (χ3v) is 13.0. The molecule has 8 aromatic carbocycles. The quantitative estimate of drug-likeness (QED) is 0.157. The van der Waals surface area contributed by atoms with Gasteiger partial charge in [-0.3, -0.25) is 0 Å². The summed E-state index contributed by atoms with van der Waals surface area (Å²) in [6, 6.07) is 68.7. The molecule has 1 atom stereocenters. The Kier molecular flexibility index (Phi) is 8.89. The standard InChI is InChI=1S/C59H44N4/c1-61-36-35-54(48-18-12-17-45(37-48)44-25-23-42(24-26-44)40-13-4-2-5-14-40)60-59(61)63-56-22-11-9-20-51(56)53-39-47(30-34-58(53)63)46-29-33-57-52(38-46)50-19-8-10-21-55(50)62(57)49-31-27-43(28-32-49)41-15-6-3-7-16-41/h2-6,8-15,17-39,59H,7,16H2,1H3. The molecule has 300 valence electrons. The number of rotatable bonds is 7. The molecule has 0 N–H and O–H groups in total. The lowest BCUT2D eigenvalue weighted by atomic mass is 9.97. The average molecular weight is 809 g/mol. The van der Waals surface area contributed by atoms with Gasteiger partial charge in [-0.05, 0) is 118 Å². The summed E-state index contributed by atoms with van der Waals surface area (Å²) in [5.41, 5.74) is 17.9. The van der Waals surface area contributed by atoms with Crippen LogP contribution in [0.1, 0.15) is 30.3 Å². The van der Waals surface area contributed by atoms with E-state index in [4.69, 9.17) is 4.99 Å². The van der Waals surface area contributed by atoms with Gasteiger partial charge in [0, 0.05) is 46.0 Å². The minimum Gasteiger partial charge on any atom is -0.342 e. The molecule has 1 unspecified atom stereocenters.